The molecule has 1 N–H and O–H groups in total. The van der Waals surface area contributed by atoms with Crippen LogP contribution in [0.3, 0.4) is 0 Å². The van der Waals surface area contributed by atoms with Crippen molar-refractivity contribution < 1.29 is 8.42 Å². The average Bonchev–Trinajstić information content (AvgIpc) is 2.73. The first-order valence-corrected chi connectivity index (χ1v) is 8.27. The first kappa shape index (κ1) is 12.3. The maximum atomic E-state index is 11.0. The summed E-state index contributed by atoms with van der Waals surface area (Å²) < 4.78 is 21.9. The molecule has 2 unspecified atom stereocenters. The zero-order valence-electron chi connectivity index (χ0n) is 9.98. The van der Waals surface area contributed by atoms with E-state index in [1.807, 2.05) is 0 Å². The molecule has 5 heteroatoms. The summed E-state index contributed by atoms with van der Waals surface area (Å²) in [5.74, 6) is 0.307. The van der Waals surface area contributed by atoms with Gasteiger partial charge in [0.2, 0.25) is 0 Å². The highest BCUT2D eigenvalue weighted by Crippen LogP contribution is 2.27. The van der Waals surface area contributed by atoms with Crippen LogP contribution in [0, 0.1) is 0 Å². The molecule has 0 bridgehead atoms. The summed E-state index contributed by atoms with van der Waals surface area (Å²) in [4.78, 5) is 2.56. The van der Waals surface area contributed by atoms with E-state index in [9.17, 15) is 8.42 Å². The third-order valence-corrected chi connectivity index (χ3v) is 4.73. The maximum absolute atomic E-state index is 11.0. The molecule has 2 heterocycles. The molecule has 2 atom stereocenters. The van der Waals surface area contributed by atoms with Crippen LogP contribution in [0.15, 0.2) is 0 Å². The van der Waals surface area contributed by atoms with E-state index in [0.717, 1.165) is 19.0 Å². The first-order chi connectivity index (χ1) is 7.56. The Kier molecular flexibility index (Phi) is 3.87. The zero-order valence-corrected chi connectivity index (χ0v) is 10.8. The molecular weight excluding hydrogens is 224 g/mol. The van der Waals surface area contributed by atoms with Crippen LogP contribution in [0.4, 0.5) is 0 Å². The second-order valence-corrected chi connectivity index (χ2v) is 7.34. The molecule has 16 heavy (non-hydrogen) atoms. The molecular formula is C11H22N2O2S. The van der Waals surface area contributed by atoms with E-state index in [-0.39, 0.29) is 0 Å². The summed E-state index contributed by atoms with van der Waals surface area (Å²) in [6.45, 7) is 3.31. The lowest BCUT2D eigenvalue weighted by molar-refractivity contribution is 0.299. The van der Waals surface area contributed by atoms with Crippen LogP contribution in [-0.2, 0) is 9.84 Å². The van der Waals surface area contributed by atoms with Crippen molar-refractivity contribution in [2.75, 3.05) is 31.6 Å². The third-order valence-electron chi connectivity index (χ3n) is 3.70. The number of nitrogens with zero attached hydrogens (tertiary/aromatic N) is 1. The van der Waals surface area contributed by atoms with E-state index < -0.39 is 9.84 Å². The van der Waals surface area contributed by atoms with Crippen LogP contribution in [0.25, 0.3) is 0 Å². The number of fused-ring (bicyclic) bond motifs is 1. The van der Waals surface area contributed by atoms with Crippen molar-refractivity contribution in [3.8, 4) is 0 Å². The van der Waals surface area contributed by atoms with Crippen LogP contribution < -0.4 is 5.32 Å². The number of hydrogen-bond donors (Lipinski definition) is 1. The minimum Gasteiger partial charge on any atom is -0.312 e. The monoisotopic (exact) mass is 246 g/mol. The van der Waals surface area contributed by atoms with Gasteiger partial charge in [-0.05, 0) is 38.8 Å². The quantitative estimate of drug-likeness (QED) is 0.706. The smallest absolute Gasteiger partial charge is 0.147 e. The fraction of sp³-hybridized carbons (Fsp3) is 1.00. The Morgan fingerprint density at radius 1 is 1.31 bits per heavy atom. The van der Waals surface area contributed by atoms with Crippen LogP contribution in [0.1, 0.15) is 25.7 Å². The Morgan fingerprint density at radius 3 is 2.88 bits per heavy atom. The van der Waals surface area contributed by atoms with Gasteiger partial charge in [0.25, 0.3) is 0 Å². The summed E-state index contributed by atoms with van der Waals surface area (Å²) in [5, 5.41) is 3.52. The minimum atomic E-state index is -2.79. The molecule has 4 nitrogen and oxygen atoms in total. The lowest BCUT2D eigenvalue weighted by atomic mass is 10.1. The van der Waals surface area contributed by atoms with Crippen LogP contribution in [-0.4, -0.2) is 57.0 Å². The molecule has 0 radical (unpaired) electrons. The Morgan fingerprint density at radius 2 is 2.12 bits per heavy atom. The highest BCUT2D eigenvalue weighted by Gasteiger charge is 2.36. The fourth-order valence-corrected chi connectivity index (χ4v) is 3.61. The zero-order chi connectivity index (χ0) is 11.6. The lowest BCUT2D eigenvalue weighted by Crippen LogP contribution is -2.39. The number of hydrogen-bond acceptors (Lipinski definition) is 4. The van der Waals surface area contributed by atoms with E-state index in [1.54, 1.807) is 0 Å². The molecule has 0 aromatic heterocycles. The summed E-state index contributed by atoms with van der Waals surface area (Å²) in [6, 6.07) is 1.32. The van der Waals surface area contributed by atoms with Crippen LogP contribution in [0.2, 0.25) is 0 Å². The van der Waals surface area contributed by atoms with E-state index >= 15 is 0 Å². The summed E-state index contributed by atoms with van der Waals surface area (Å²) >= 11 is 0. The maximum Gasteiger partial charge on any atom is 0.147 e. The van der Waals surface area contributed by atoms with Gasteiger partial charge in [-0.3, -0.25) is 4.90 Å². The van der Waals surface area contributed by atoms with Crippen molar-refractivity contribution in [2.45, 2.75) is 37.8 Å². The highest BCUT2D eigenvalue weighted by atomic mass is 32.2. The summed E-state index contributed by atoms with van der Waals surface area (Å²) in [5.41, 5.74) is 0. The first-order valence-electron chi connectivity index (χ1n) is 6.21. The molecule has 0 amide bonds. The van der Waals surface area contributed by atoms with Crippen LogP contribution >= 0.6 is 0 Å². The Bertz CT molecular complexity index is 329. The predicted molar refractivity (Wildman–Crippen MR) is 65.3 cm³/mol. The summed E-state index contributed by atoms with van der Waals surface area (Å²) in [6.07, 6.45) is 5.91. The van der Waals surface area contributed by atoms with Gasteiger partial charge in [0.15, 0.2) is 0 Å². The van der Waals surface area contributed by atoms with Crippen molar-refractivity contribution >= 4 is 9.84 Å². The van der Waals surface area contributed by atoms with Crippen molar-refractivity contribution in [1.82, 2.24) is 10.2 Å². The van der Waals surface area contributed by atoms with Crippen molar-refractivity contribution in [3.63, 3.8) is 0 Å². The number of sulfone groups is 1. The summed E-state index contributed by atoms with van der Waals surface area (Å²) in [7, 11) is -2.79. The minimum absolute atomic E-state index is 0.307. The van der Waals surface area contributed by atoms with E-state index in [4.69, 9.17) is 0 Å². The molecule has 2 rings (SSSR count). The van der Waals surface area contributed by atoms with Gasteiger partial charge < -0.3 is 5.32 Å². The van der Waals surface area contributed by atoms with Crippen molar-refractivity contribution in [1.29, 1.82) is 0 Å². The topological polar surface area (TPSA) is 49.4 Å². The van der Waals surface area contributed by atoms with Gasteiger partial charge in [-0.2, -0.15) is 0 Å². The Balaban J connectivity index is 1.67. The molecule has 0 spiro atoms. The Labute approximate surface area is 98.3 Å². The van der Waals surface area contributed by atoms with Gasteiger partial charge in [0.1, 0.15) is 9.84 Å². The second-order valence-electron chi connectivity index (χ2n) is 5.08. The number of rotatable bonds is 5. The fourth-order valence-electron chi connectivity index (χ4n) is 2.94. The predicted octanol–water partition coefficient (Wildman–Crippen LogP) is 0.247. The SMILES string of the molecule is CS(=O)(=O)CCCNC1CCN2CCCC12. The molecule has 2 fully saturated rings. The number of nitrogens with one attached hydrogen (secondary N) is 1. The molecule has 0 aliphatic carbocycles. The van der Waals surface area contributed by atoms with E-state index in [1.165, 1.54) is 38.6 Å². The molecule has 94 valence electrons. The van der Waals surface area contributed by atoms with Gasteiger partial charge >= 0.3 is 0 Å². The van der Waals surface area contributed by atoms with Gasteiger partial charge in [0, 0.05) is 24.9 Å². The van der Waals surface area contributed by atoms with Crippen molar-refractivity contribution in [2.24, 2.45) is 0 Å². The largest absolute Gasteiger partial charge is 0.312 e. The standard InChI is InChI=1S/C11H22N2O2S/c1-16(14,15)9-3-6-12-10-5-8-13-7-2-4-11(10)13/h10-12H,2-9H2,1H3. The molecule has 2 saturated heterocycles. The Hall–Kier alpha value is -0.130. The second kappa shape index (κ2) is 5.02. The van der Waals surface area contributed by atoms with Crippen molar-refractivity contribution in [3.05, 3.63) is 0 Å². The van der Waals surface area contributed by atoms with Gasteiger partial charge in [-0.1, -0.05) is 0 Å². The van der Waals surface area contributed by atoms with Crippen LogP contribution in [0.5, 0.6) is 0 Å². The third kappa shape index (κ3) is 3.18. The lowest BCUT2D eigenvalue weighted by Gasteiger charge is -2.21. The van der Waals surface area contributed by atoms with Gasteiger partial charge in [0.05, 0.1) is 5.75 Å². The normalized spacial score (nSPS) is 30.8. The van der Waals surface area contributed by atoms with E-state index in [0.29, 0.717) is 11.8 Å². The molecule has 0 aromatic rings. The molecule has 2 aliphatic heterocycles. The average molecular weight is 246 g/mol. The molecule has 0 aromatic carbocycles. The molecule has 0 saturated carbocycles. The van der Waals surface area contributed by atoms with E-state index in [2.05, 4.69) is 10.2 Å². The van der Waals surface area contributed by atoms with Gasteiger partial charge in [-0.25, -0.2) is 8.42 Å². The molecule has 2 aliphatic rings. The highest BCUT2D eigenvalue weighted by molar-refractivity contribution is 7.90. The van der Waals surface area contributed by atoms with Gasteiger partial charge in [-0.15, -0.1) is 0 Å².